The minimum absolute atomic E-state index is 1.26. The van der Waals surface area contributed by atoms with Crippen LogP contribution in [0.15, 0.2) is 109 Å². The molecule has 0 heterocycles. The SMILES string of the molecule is c1ccc(-c2cc3cc4ccccc4cc3c3cc4ccccc4cc23)cc1. The lowest BCUT2D eigenvalue weighted by atomic mass is 9.90. The highest BCUT2D eigenvalue weighted by Gasteiger charge is 2.11. The van der Waals surface area contributed by atoms with Gasteiger partial charge in [0.2, 0.25) is 0 Å². The summed E-state index contributed by atoms with van der Waals surface area (Å²) in [5.41, 5.74) is 2.56. The minimum atomic E-state index is 1.26. The molecule has 0 N–H and O–H groups in total. The van der Waals surface area contributed by atoms with Crippen LogP contribution in [0.1, 0.15) is 0 Å². The highest BCUT2D eigenvalue weighted by atomic mass is 14.1. The number of fused-ring (bicyclic) bond motifs is 5. The van der Waals surface area contributed by atoms with Crippen LogP contribution in [-0.4, -0.2) is 0 Å². The van der Waals surface area contributed by atoms with Crippen LogP contribution >= 0.6 is 0 Å². The topological polar surface area (TPSA) is 0 Å². The summed E-state index contributed by atoms with van der Waals surface area (Å²) in [4.78, 5) is 0. The second kappa shape index (κ2) is 5.94. The Balaban J connectivity index is 1.85. The van der Waals surface area contributed by atoms with E-state index in [4.69, 9.17) is 0 Å². The molecule has 0 heteroatoms. The van der Waals surface area contributed by atoms with Gasteiger partial charge in [0.05, 0.1) is 0 Å². The fourth-order valence-corrected chi connectivity index (χ4v) is 4.39. The van der Waals surface area contributed by atoms with Gasteiger partial charge in [-0.15, -0.1) is 0 Å². The van der Waals surface area contributed by atoms with Crippen molar-refractivity contribution >= 4 is 43.1 Å². The molecule has 0 aromatic heterocycles. The van der Waals surface area contributed by atoms with Crippen molar-refractivity contribution in [2.24, 2.45) is 0 Å². The lowest BCUT2D eigenvalue weighted by Gasteiger charge is -2.13. The van der Waals surface area contributed by atoms with Crippen LogP contribution < -0.4 is 0 Å². The Hall–Kier alpha value is -3.64. The molecule has 0 bridgehead atoms. The molecule has 6 aromatic rings. The number of hydrogen-bond donors (Lipinski definition) is 0. The van der Waals surface area contributed by atoms with Gasteiger partial charge in [0.1, 0.15) is 0 Å². The quantitative estimate of drug-likeness (QED) is 0.207. The van der Waals surface area contributed by atoms with Crippen molar-refractivity contribution in [3.63, 3.8) is 0 Å². The third-order valence-corrected chi connectivity index (χ3v) is 5.77. The summed E-state index contributed by atoms with van der Waals surface area (Å²) < 4.78 is 0. The van der Waals surface area contributed by atoms with E-state index in [1.54, 1.807) is 0 Å². The van der Waals surface area contributed by atoms with Crippen molar-refractivity contribution in [2.75, 3.05) is 0 Å². The summed E-state index contributed by atoms with van der Waals surface area (Å²) in [6, 6.07) is 39.7. The predicted molar refractivity (Wildman–Crippen MR) is 122 cm³/mol. The maximum absolute atomic E-state index is 2.36. The lowest BCUT2D eigenvalue weighted by molar-refractivity contribution is 1.67. The summed E-state index contributed by atoms with van der Waals surface area (Å²) in [5, 5.41) is 10.4. The molecule has 0 saturated carbocycles. The van der Waals surface area contributed by atoms with Crippen LogP contribution in [0.4, 0.5) is 0 Å². The first-order chi connectivity index (χ1) is 13.9. The van der Waals surface area contributed by atoms with Gasteiger partial charge >= 0.3 is 0 Å². The zero-order valence-electron chi connectivity index (χ0n) is 15.4. The summed E-state index contributed by atoms with van der Waals surface area (Å²) >= 11 is 0. The van der Waals surface area contributed by atoms with Crippen LogP contribution in [0.3, 0.4) is 0 Å². The van der Waals surface area contributed by atoms with Crippen molar-refractivity contribution in [1.29, 1.82) is 0 Å². The molecule has 0 spiro atoms. The summed E-state index contributed by atoms with van der Waals surface area (Å²) in [6.07, 6.45) is 0. The van der Waals surface area contributed by atoms with Crippen molar-refractivity contribution in [3.8, 4) is 11.1 Å². The zero-order chi connectivity index (χ0) is 18.5. The fraction of sp³-hybridized carbons (Fsp3) is 0. The first-order valence-electron chi connectivity index (χ1n) is 9.70. The van der Waals surface area contributed by atoms with Crippen LogP contribution in [0.2, 0.25) is 0 Å². The van der Waals surface area contributed by atoms with Gasteiger partial charge in [-0.3, -0.25) is 0 Å². The lowest BCUT2D eigenvalue weighted by Crippen LogP contribution is -1.86. The third-order valence-electron chi connectivity index (χ3n) is 5.77. The van der Waals surface area contributed by atoms with Gasteiger partial charge in [-0.2, -0.15) is 0 Å². The average molecular weight is 354 g/mol. The van der Waals surface area contributed by atoms with E-state index in [2.05, 4.69) is 109 Å². The minimum Gasteiger partial charge on any atom is -0.0622 e. The molecular weight excluding hydrogens is 336 g/mol. The van der Waals surface area contributed by atoms with Gasteiger partial charge in [-0.1, -0.05) is 78.9 Å². The molecule has 0 radical (unpaired) electrons. The van der Waals surface area contributed by atoms with Crippen molar-refractivity contribution in [3.05, 3.63) is 109 Å². The van der Waals surface area contributed by atoms with E-state index in [0.717, 1.165) is 0 Å². The molecule has 0 aliphatic carbocycles. The Morgan fingerprint density at radius 3 is 1.46 bits per heavy atom. The summed E-state index contributed by atoms with van der Waals surface area (Å²) in [6.45, 7) is 0. The molecule has 6 rings (SSSR count). The van der Waals surface area contributed by atoms with E-state index in [-0.39, 0.29) is 0 Å². The molecule has 0 atom stereocenters. The summed E-state index contributed by atoms with van der Waals surface area (Å²) in [5.74, 6) is 0. The molecule has 6 aromatic carbocycles. The van der Waals surface area contributed by atoms with Crippen LogP contribution in [0.5, 0.6) is 0 Å². The molecule has 28 heavy (non-hydrogen) atoms. The molecular formula is C28H18. The van der Waals surface area contributed by atoms with Crippen molar-refractivity contribution in [1.82, 2.24) is 0 Å². The van der Waals surface area contributed by atoms with Gasteiger partial charge < -0.3 is 0 Å². The van der Waals surface area contributed by atoms with Crippen LogP contribution in [-0.2, 0) is 0 Å². The van der Waals surface area contributed by atoms with Gasteiger partial charge in [-0.05, 0) is 84.5 Å². The Labute approximate surface area is 163 Å². The van der Waals surface area contributed by atoms with Crippen molar-refractivity contribution in [2.45, 2.75) is 0 Å². The fourth-order valence-electron chi connectivity index (χ4n) is 4.39. The van der Waals surface area contributed by atoms with Gasteiger partial charge in [-0.25, -0.2) is 0 Å². The molecule has 0 nitrogen and oxygen atoms in total. The van der Waals surface area contributed by atoms with Crippen LogP contribution in [0, 0.1) is 0 Å². The number of hydrogen-bond acceptors (Lipinski definition) is 0. The van der Waals surface area contributed by atoms with E-state index >= 15 is 0 Å². The molecule has 130 valence electrons. The highest BCUT2D eigenvalue weighted by molar-refractivity contribution is 6.19. The Morgan fingerprint density at radius 2 is 0.821 bits per heavy atom. The van der Waals surface area contributed by atoms with E-state index in [0.29, 0.717) is 0 Å². The highest BCUT2D eigenvalue weighted by Crippen LogP contribution is 2.38. The Morgan fingerprint density at radius 1 is 0.321 bits per heavy atom. The molecule has 0 amide bonds. The average Bonchev–Trinajstić information content (AvgIpc) is 2.76. The normalized spacial score (nSPS) is 11.6. The van der Waals surface area contributed by atoms with E-state index in [1.165, 1.54) is 54.2 Å². The van der Waals surface area contributed by atoms with Gasteiger partial charge in [0.15, 0.2) is 0 Å². The predicted octanol–water partition coefficient (Wildman–Crippen LogP) is 7.97. The van der Waals surface area contributed by atoms with E-state index in [1.807, 2.05) is 0 Å². The zero-order valence-corrected chi connectivity index (χ0v) is 15.4. The largest absolute Gasteiger partial charge is 0.0622 e. The molecule has 0 aliphatic heterocycles. The standard InChI is InChI=1S/C28H18/c1-2-8-19(9-3-1)25-18-24-14-20-10-4-5-11-21(20)15-26(24)28-17-23-13-7-6-12-22(23)16-27(25)28/h1-18H. The number of benzene rings is 6. The molecule has 0 aliphatic rings. The maximum atomic E-state index is 2.36. The third kappa shape index (κ3) is 2.32. The van der Waals surface area contributed by atoms with E-state index < -0.39 is 0 Å². The van der Waals surface area contributed by atoms with Crippen LogP contribution in [0.25, 0.3) is 54.2 Å². The molecule has 0 fully saturated rings. The smallest absolute Gasteiger partial charge is 0.00926 e. The molecule has 0 saturated heterocycles. The second-order valence-corrected chi connectivity index (χ2v) is 7.46. The van der Waals surface area contributed by atoms with E-state index in [9.17, 15) is 0 Å². The Kier molecular flexibility index (Phi) is 3.27. The van der Waals surface area contributed by atoms with Gasteiger partial charge in [0, 0.05) is 0 Å². The maximum Gasteiger partial charge on any atom is -0.00926 e. The molecule has 0 unspecified atom stereocenters. The first-order valence-corrected chi connectivity index (χ1v) is 9.70. The first kappa shape index (κ1) is 15.4. The summed E-state index contributed by atoms with van der Waals surface area (Å²) in [7, 11) is 0. The number of rotatable bonds is 1. The Bertz CT molecular complexity index is 1490. The second-order valence-electron chi connectivity index (χ2n) is 7.46. The van der Waals surface area contributed by atoms with Crippen molar-refractivity contribution < 1.29 is 0 Å². The van der Waals surface area contributed by atoms with Gasteiger partial charge in [0.25, 0.3) is 0 Å². The monoisotopic (exact) mass is 354 g/mol.